The molecule has 1 heterocycles. The highest BCUT2D eigenvalue weighted by molar-refractivity contribution is 7.97. The summed E-state index contributed by atoms with van der Waals surface area (Å²) in [6.07, 6.45) is 7.31. The molecule has 8 heteroatoms. The predicted molar refractivity (Wildman–Crippen MR) is 149 cm³/mol. The minimum Gasteiger partial charge on any atom is -0.337 e. The van der Waals surface area contributed by atoms with Crippen LogP contribution in [0.4, 0.5) is 14.5 Å². The molecule has 1 saturated carbocycles. The van der Waals surface area contributed by atoms with E-state index in [0.717, 1.165) is 48.3 Å². The van der Waals surface area contributed by atoms with Crippen molar-refractivity contribution in [2.24, 2.45) is 13.0 Å². The molecule has 200 valence electrons. The van der Waals surface area contributed by atoms with Crippen molar-refractivity contribution in [2.75, 3.05) is 4.90 Å². The van der Waals surface area contributed by atoms with Gasteiger partial charge in [-0.1, -0.05) is 30.3 Å². The fourth-order valence-corrected chi connectivity index (χ4v) is 6.30. The van der Waals surface area contributed by atoms with Crippen LogP contribution in [0.1, 0.15) is 53.7 Å². The van der Waals surface area contributed by atoms with E-state index < -0.39 is 0 Å². The molecule has 3 aromatic carbocycles. The molecule has 1 N–H and O–H groups in total. The first-order valence-corrected chi connectivity index (χ1v) is 14.1. The number of carbonyl (C=O) groups is 1. The molecule has 0 bridgehead atoms. The Morgan fingerprint density at radius 3 is 2.72 bits per heavy atom. The number of nitrogens with one attached hydrogen (secondary N) is 1. The van der Waals surface area contributed by atoms with E-state index in [1.165, 1.54) is 35.7 Å². The fraction of sp³-hybridized carbons (Fsp3) is 0.290. The molecule has 0 aliphatic heterocycles. The largest absolute Gasteiger partial charge is 0.337 e. The van der Waals surface area contributed by atoms with Gasteiger partial charge < -0.3 is 9.47 Å². The van der Waals surface area contributed by atoms with Crippen molar-refractivity contribution in [1.82, 2.24) is 14.3 Å². The SMILES string of the molecule is Cn1ccnc1CN(C(=O)[C@H]1C[C@@H]1c1ccc(F)cc1)c1ccc2c(c1)C(NSc1ccccc1F)CCC2. The van der Waals surface area contributed by atoms with E-state index >= 15 is 0 Å². The second kappa shape index (κ2) is 10.9. The Kier molecular flexibility index (Phi) is 7.23. The predicted octanol–water partition coefficient (Wildman–Crippen LogP) is 6.71. The normalized spacial score (nSPS) is 19.9. The highest BCUT2D eigenvalue weighted by Gasteiger charge is 2.46. The molecule has 2 aliphatic rings. The highest BCUT2D eigenvalue weighted by Crippen LogP contribution is 2.49. The summed E-state index contributed by atoms with van der Waals surface area (Å²) in [6, 6.07) is 19.5. The summed E-state index contributed by atoms with van der Waals surface area (Å²) in [5.41, 5.74) is 4.21. The van der Waals surface area contributed by atoms with Crippen LogP contribution >= 0.6 is 11.9 Å². The van der Waals surface area contributed by atoms with Gasteiger partial charge in [-0.05, 0) is 96.6 Å². The van der Waals surface area contributed by atoms with Crippen LogP contribution in [0.25, 0.3) is 0 Å². The second-order valence-corrected chi connectivity index (χ2v) is 11.2. The van der Waals surface area contributed by atoms with Crippen molar-refractivity contribution < 1.29 is 13.6 Å². The van der Waals surface area contributed by atoms with Crippen LogP contribution in [0.5, 0.6) is 0 Å². The van der Waals surface area contributed by atoms with Gasteiger partial charge in [0.2, 0.25) is 5.91 Å². The van der Waals surface area contributed by atoms with Gasteiger partial charge in [0, 0.05) is 37.1 Å². The number of imidazole rings is 1. The summed E-state index contributed by atoms with van der Waals surface area (Å²) in [5, 5.41) is 0. The Labute approximate surface area is 231 Å². The van der Waals surface area contributed by atoms with Gasteiger partial charge in [0.05, 0.1) is 11.4 Å². The number of benzene rings is 3. The summed E-state index contributed by atoms with van der Waals surface area (Å²) in [5.74, 6) is 0.262. The molecule has 0 spiro atoms. The van der Waals surface area contributed by atoms with Gasteiger partial charge in [-0.2, -0.15) is 0 Å². The fourth-order valence-electron chi connectivity index (χ4n) is 5.47. The second-order valence-electron chi connectivity index (χ2n) is 10.4. The molecule has 1 aromatic heterocycles. The van der Waals surface area contributed by atoms with Gasteiger partial charge in [0.1, 0.15) is 17.5 Å². The Morgan fingerprint density at radius 2 is 1.95 bits per heavy atom. The third-order valence-corrected chi connectivity index (χ3v) is 8.75. The minimum absolute atomic E-state index is 0.0382. The van der Waals surface area contributed by atoms with Gasteiger partial charge in [-0.25, -0.2) is 13.8 Å². The van der Waals surface area contributed by atoms with E-state index in [1.807, 2.05) is 34.8 Å². The van der Waals surface area contributed by atoms with Crippen molar-refractivity contribution in [1.29, 1.82) is 0 Å². The highest BCUT2D eigenvalue weighted by atomic mass is 32.2. The van der Waals surface area contributed by atoms with Gasteiger partial charge >= 0.3 is 0 Å². The van der Waals surface area contributed by atoms with Crippen LogP contribution in [-0.2, 0) is 24.8 Å². The maximum absolute atomic E-state index is 14.2. The van der Waals surface area contributed by atoms with Crippen molar-refractivity contribution in [3.05, 3.63) is 113 Å². The Hall–Kier alpha value is -3.49. The van der Waals surface area contributed by atoms with E-state index in [4.69, 9.17) is 0 Å². The summed E-state index contributed by atoms with van der Waals surface area (Å²) < 4.78 is 33.1. The molecule has 1 unspecified atom stereocenters. The zero-order valence-electron chi connectivity index (χ0n) is 21.7. The van der Waals surface area contributed by atoms with Crippen molar-refractivity contribution in [2.45, 2.75) is 49.1 Å². The molecule has 1 amide bonds. The van der Waals surface area contributed by atoms with E-state index in [2.05, 4.69) is 21.8 Å². The summed E-state index contributed by atoms with van der Waals surface area (Å²) in [6.45, 7) is 0.357. The molecular weight excluding hydrogens is 514 g/mol. The summed E-state index contributed by atoms with van der Waals surface area (Å²) >= 11 is 1.31. The molecule has 0 radical (unpaired) electrons. The van der Waals surface area contributed by atoms with E-state index in [0.29, 0.717) is 11.4 Å². The lowest BCUT2D eigenvalue weighted by Crippen LogP contribution is -2.33. The molecule has 2 aliphatic carbocycles. The van der Waals surface area contributed by atoms with E-state index in [9.17, 15) is 13.6 Å². The Balaban J connectivity index is 1.28. The number of amides is 1. The molecule has 3 atom stereocenters. The Morgan fingerprint density at radius 1 is 1.13 bits per heavy atom. The number of aryl methyl sites for hydroxylation is 2. The number of aromatic nitrogens is 2. The number of anilines is 1. The molecule has 5 nitrogen and oxygen atoms in total. The van der Waals surface area contributed by atoms with Gasteiger partial charge in [-0.3, -0.25) is 9.52 Å². The molecule has 1 fully saturated rings. The molecule has 6 rings (SSSR count). The minimum atomic E-state index is -0.274. The van der Waals surface area contributed by atoms with Crippen molar-refractivity contribution in [3.8, 4) is 0 Å². The lowest BCUT2D eigenvalue weighted by atomic mass is 9.87. The van der Waals surface area contributed by atoms with E-state index in [1.54, 1.807) is 30.5 Å². The first-order chi connectivity index (χ1) is 19.0. The van der Waals surface area contributed by atoms with Gasteiger partial charge in [0.25, 0.3) is 0 Å². The van der Waals surface area contributed by atoms with Crippen LogP contribution < -0.4 is 9.62 Å². The summed E-state index contributed by atoms with van der Waals surface area (Å²) in [7, 11) is 1.93. The first-order valence-electron chi connectivity index (χ1n) is 13.3. The van der Waals surface area contributed by atoms with Crippen LogP contribution in [-0.4, -0.2) is 15.5 Å². The van der Waals surface area contributed by atoms with Crippen LogP contribution in [0.3, 0.4) is 0 Å². The third kappa shape index (κ3) is 5.49. The molecular formula is C31H30F2N4OS. The van der Waals surface area contributed by atoms with Crippen molar-refractivity contribution >= 4 is 23.5 Å². The molecule has 0 saturated heterocycles. The zero-order valence-corrected chi connectivity index (χ0v) is 22.5. The summed E-state index contributed by atoms with van der Waals surface area (Å²) in [4.78, 5) is 20.8. The smallest absolute Gasteiger partial charge is 0.231 e. The third-order valence-electron chi connectivity index (χ3n) is 7.80. The number of hydrogen-bond donors (Lipinski definition) is 1. The maximum Gasteiger partial charge on any atom is 0.231 e. The van der Waals surface area contributed by atoms with Gasteiger partial charge in [-0.15, -0.1) is 0 Å². The maximum atomic E-state index is 14.2. The van der Waals surface area contributed by atoms with Crippen molar-refractivity contribution in [3.63, 3.8) is 0 Å². The molecule has 39 heavy (non-hydrogen) atoms. The number of carbonyl (C=O) groups excluding carboxylic acids is 1. The number of halogens is 2. The van der Waals surface area contributed by atoms with Crippen LogP contribution in [0.2, 0.25) is 0 Å². The average molecular weight is 545 g/mol. The number of hydrogen-bond acceptors (Lipinski definition) is 4. The quantitative estimate of drug-likeness (QED) is 0.251. The Bertz CT molecular complexity index is 1490. The number of rotatable bonds is 8. The first kappa shape index (κ1) is 25.8. The molecule has 4 aromatic rings. The standard InChI is InChI=1S/C31H30F2N4OS/c1-36-16-15-34-30(36)19-37(31(38)26-18-24(26)21-9-12-22(32)13-10-21)23-14-11-20-5-4-7-28(25(20)17-23)35-39-29-8-3-2-6-27(29)33/h2-3,6,8-17,24,26,28,35H,4-5,7,18-19H2,1H3/t24-,26+,28?/m1/s1. The van der Waals surface area contributed by atoms with E-state index in [-0.39, 0.29) is 35.4 Å². The lowest BCUT2D eigenvalue weighted by Gasteiger charge is -2.29. The number of fused-ring (bicyclic) bond motifs is 1. The van der Waals surface area contributed by atoms with Crippen LogP contribution in [0.15, 0.2) is 84.0 Å². The average Bonchev–Trinajstić information content (AvgIpc) is 3.65. The van der Waals surface area contributed by atoms with Crippen LogP contribution in [0, 0.1) is 17.6 Å². The topological polar surface area (TPSA) is 50.2 Å². The lowest BCUT2D eigenvalue weighted by molar-refractivity contribution is -0.120. The van der Waals surface area contributed by atoms with Gasteiger partial charge in [0.15, 0.2) is 0 Å². The monoisotopic (exact) mass is 544 g/mol. The zero-order chi connectivity index (χ0) is 26.9. The number of nitrogens with zero attached hydrogens (tertiary/aromatic N) is 3.